The normalized spacial score (nSPS) is 17.4. The highest BCUT2D eigenvalue weighted by molar-refractivity contribution is 8.00. The van der Waals surface area contributed by atoms with Crippen LogP contribution in [0.5, 0.6) is 0 Å². The van der Waals surface area contributed by atoms with Gasteiger partial charge in [-0.25, -0.2) is 0 Å². The molecule has 1 aliphatic heterocycles. The number of nitrogens with one attached hydrogen (secondary N) is 1. The predicted octanol–water partition coefficient (Wildman–Crippen LogP) is 5.61. The molecule has 2 aromatic carbocycles. The first kappa shape index (κ1) is 21.5. The van der Waals surface area contributed by atoms with Crippen molar-refractivity contribution in [1.82, 2.24) is 0 Å². The SMILES string of the molecule is CC1(C)OB(c2ccc(NSc3ccccc3Cl)cc2)OC1(C)C.CCl. The van der Waals surface area contributed by atoms with Crippen molar-refractivity contribution in [3.63, 3.8) is 0 Å². The molecule has 1 aliphatic rings. The number of anilines is 1. The van der Waals surface area contributed by atoms with Gasteiger partial charge in [-0.05, 0) is 69.4 Å². The van der Waals surface area contributed by atoms with Crippen LogP contribution < -0.4 is 10.2 Å². The Morgan fingerprint density at radius 1 is 0.885 bits per heavy atom. The van der Waals surface area contributed by atoms with Crippen molar-refractivity contribution >= 4 is 53.4 Å². The molecule has 0 unspecified atom stereocenters. The standard InChI is InChI=1S/C18H21BClNO2S.CH3Cl/c1-17(2)18(3,4)23-19(22-17)13-9-11-14(12-10-13)21-24-16-8-6-5-7-15(16)20;1-2/h5-12,21H,1-4H3;1H3. The highest BCUT2D eigenvalue weighted by Crippen LogP contribution is 2.36. The van der Waals surface area contributed by atoms with E-state index in [-0.39, 0.29) is 18.3 Å². The second-order valence-corrected chi connectivity index (χ2v) is 8.10. The second kappa shape index (κ2) is 8.90. The molecule has 7 heteroatoms. The summed E-state index contributed by atoms with van der Waals surface area (Å²) < 4.78 is 15.4. The molecular weight excluding hydrogens is 388 g/mol. The molecular formula is C19H24BCl2NO2S. The van der Waals surface area contributed by atoms with Gasteiger partial charge in [-0.15, -0.1) is 11.6 Å². The van der Waals surface area contributed by atoms with Crippen molar-refractivity contribution in [2.24, 2.45) is 0 Å². The lowest BCUT2D eigenvalue weighted by Crippen LogP contribution is -2.41. The zero-order valence-electron chi connectivity index (χ0n) is 15.7. The van der Waals surface area contributed by atoms with Gasteiger partial charge in [0.15, 0.2) is 0 Å². The largest absolute Gasteiger partial charge is 0.494 e. The van der Waals surface area contributed by atoms with Gasteiger partial charge in [-0.3, -0.25) is 0 Å². The van der Waals surface area contributed by atoms with Crippen molar-refractivity contribution in [3.05, 3.63) is 53.6 Å². The first-order chi connectivity index (χ1) is 12.3. The molecule has 1 heterocycles. The minimum absolute atomic E-state index is 0.325. The van der Waals surface area contributed by atoms with E-state index in [9.17, 15) is 0 Å². The van der Waals surface area contributed by atoms with Gasteiger partial charge >= 0.3 is 7.12 Å². The van der Waals surface area contributed by atoms with E-state index in [1.54, 1.807) is 0 Å². The summed E-state index contributed by atoms with van der Waals surface area (Å²) in [5, 5.41) is 0.740. The molecule has 0 atom stereocenters. The molecule has 3 nitrogen and oxygen atoms in total. The Hall–Kier alpha value is -0.845. The van der Waals surface area contributed by atoms with Crippen LogP contribution in [-0.4, -0.2) is 24.7 Å². The summed E-state index contributed by atoms with van der Waals surface area (Å²) in [5.74, 6) is 0. The van der Waals surface area contributed by atoms with Crippen LogP contribution in [0.3, 0.4) is 0 Å². The van der Waals surface area contributed by atoms with Crippen molar-refractivity contribution in [2.75, 3.05) is 11.1 Å². The Balaban J connectivity index is 0.00000117. The van der Waals surface area contributed by atoms with Crippen molar-refractivity contribution in [3.8, 4) is 0 Å². The molecule has 0 aromatic heterocycles. The van der Waals surface area contributed by atoms with E-state index >= 15 is 0 Å². The molecule has 1 saturated heterocycles. The van der Waals surface area contributed by atoms with Crippen LogP contribution in [0.25, 0.3) is 0 Å². The van der Waals surface area contributed by atoms with Gasteiger partial charge < -0.3 is 14.0 Å². The minimum atomic E-state index is -0.333. The van der Waals surface area contributed by atoms with Gasteiger partial charge in [0.05, 0.1) is 16.2 Å². The summed E-state index contributed by atoms with van der Waals surface area (Å²) in [6, 6.07) is 15.8. The van der Waals surface area contributed by atoms with Gasteiger partial charge in [0.1, 0.15) is 0 Å². The molecule has 2 aromatic rings. The Labute approximate surface area is 171 Å². The first-order valence-electron chi connectivity index (χ1n) is 8.29. The summed E-state index contributed by atoms with van der Waals surface area (Å²) in [7, 11) is -0.333. The number of rotatable bonds is 4. The quantitative estimate of drug-likeness (QED) is 0.402. The van der Waals surface area contributed by atoms with Crippen molar-refractivity contribution < 1.29 is 9.31 Å². The third-order valence-electron chi connectivity index (χ3n) is 4.55. The lowest BCUT2D eigenvalue weighted by atomic mass is 9.79. The van der Waals surface area contributed by atoms with E-state index in [4.69, 9.17) is 20.9 Å². The Morgan fingerprint density at radius 2 is 1.42 bits per heavy atom. The van der Waals surface area contributed by atoms with Crippen LogP contribution in [0.2, 0.25) is 5.02 Å². The number of benzene rings is 2. The minimum Gasteiger partial charge on any atom is -0.399 e. The number of hydrogen-bond acceptors (Lipinski definition) is 4. The summed E-state index contributed by atoms with van der Waals surface area (Å²) in [6.45, 7) is 8.23. The van der Waals surface area contributed by atoms with E-state index in [0.29, 0.717) is 0 Å². The molecule has 1 N–H and O–H groups in total. The van der Waals surface area contributed by atoms with Crippen LogP contribution in [0.1, 0.15) is 27.7 Å². The Kier molecular flexibility index (Phi) is 7.34. The van der Waals surface area contributed by atoms with E-state index in [0.717, 1.165) is 21.1 Å². The van der Waals surface area contributed by atoms with E-state index in [2.05, 4.69) is 44.0 Å². The van der Waals surface area contributed by atoms with Crippen molar-refractivity contribution in [2.45, 2.75) is 43.8 Å². The third-order valence-corrected chi connectivity index (χ3v) is 5.91. The first-order valence-corrected chi connectivity index (χ1v) is 10.2. The van der Waals surface area contributed by atoms with Crippen LogP contribution in [-0.2, 0) is 9.31 Å². The van der Waals surface area contributed by atoms with Gasteiger partial charge in [0.2, 0.25) is 0 Å². The highest BCUT2D eigenvalue weighted by Gasteiger charge is 2.51. The molecule has 0 radical (unpaired) electrons. The number of alkyl halides is 1. The fraction of sp³-hybridized carbons (Fsp3) is 0.368. The van der Waals surface area contributed by atoms with Crippen LogP contribution in [0, 0.1) is 0 Å². The molecule has 0 saturated carbocycles. The average Bonchev–Trinajstić information content (AvgIpc) is 2.84. The lowest BCUT2D eigenvalue weighted by Gasteiger charge is -2.32. The Bertz CT molecular complexity index is 710. The fourth-order valence-corrected chi connectivity index (χ4v) is 3.26. The lowest BCUT2D eigenvalue weighted by molar-refractivity contribution is 0.00578. The number of hydrogen-bond donors (Lipinski definition) is 1. The summed E-state index contributed by atoms with van der Waals surface area (Å²) in [4.78, 5) is 0.995. The van der Waals surface area contributed by atoms with Gasteiger partial charge in [0.25, 0.3) is 0 Å². The molecule has 140 valence electrons. The third kappa shape index (κ3) is 4.90. The second-order valence-electron chi connectivity index (χ2n) is 6.84. The molecule has 1 fully saturated rings. The van der Waals surface area contributed by atoms with Crippen molar-refractivity contribution in [1.29, 1.82) is 0 Å². The fourth-order valence-electron chi connectivity index (χ4n) is 2.33. The average molecular weight is 412 g/mol. The summed E-state index contributed by atoms with van der Waals surface area (Å²) in [6.07, 6.45) is 1.47. The maximum absolute atomic E-state index is 6.16. The molecule has 26 heavy (non-hydrogen) atoms. The van der Waals surface area contributed by atoms with Crippen LogP contribution in [0.15, 0.2) is 53.4 Å². The van der Waals surface area contributed by atoms with Gasteiger partial charge in [0, 0.05) is 17.0 Å². The maximum Gasteiger partial charge on any atom is 0.494 e. The van der Waals surface area contributed by atoms with E-state index in [1.807, 2.05) is 48.5 Å². The molecule has 0 aliphatic carbocycles. The highest BCUT2D eigenvalue weighted by atomic mass is 35.5. The van der Waals surface area contributed by atoms with Crippen LogP contribution in [0.4, 0.5) is 5.69 Å². The zero-order valence-corrected chi connectivity index (χ0v) is 18.0. The zero-order chi connectivity index (χ0) is 19.4. The van der Waals surface area contributed by atoms with E-state index in [1.165, 1.54) is 18.3 Å². The maximum atomic E-state index is 6.16. The van der Waals surface area contributed by atoms with Gasteiger partial charge in [-0.1, -0.05) is 35.9 Å². The number of halogens is 2. The van der Waals surface area contributed by atoms with E-state index < -0.39 is 0 Å². The summed E-state index contributed by atoms with van der Waals surface area (Å²) >= 11 is 12.3. The monoisotopic (exact) mass is 411 g/mol. The smallest absolute Gasteiger partial charge is 0.399 e. The molecule has 0 spiro atoms. The Morgan fingerprint density at radius 3 is 1.96 bits per heavy atom. The molecule has 3 rings (SSSR count). The topological polar surface area (TPSA) is 30.5 Å². The van der Waals surface area contributed by atoms with Crippen LogP contribution >= 0.6 is 35.1 Å². The summed E-state index contributed by atoms with van der Waals surface area (Å²) in [5.41, 5.74) is 1.37. The molecule has 0 amide bonds. The molecule has 0 bridgehead atoms. The van der Waals surface area contributed by atoms with Gasteiger partial charge in [-0.2, -0.15) is 0 Å². The predicted molar refractivity (Wildman–Crippen MR) is 115 cm³/mol.